The molecule has 0 fully saturated rings. The van der Waals surface area contributed by atoms with Crippen LogP contribution in [0.3, 0.4) is 0 Å². The van der Waals surface area contributed by atoms with E-state index in [2.05, 4.69) is 9.97 Å². The maximum Gasteiger partial charge on any atom is 0.332 e. The van der Waals surface area contributed by atoms with E-state index in [4.69, 9.17) is 4.74 Å². The van der Waals surface area contributed by atoms with Crippen molar-refractivity contribution in [1.29, 1.82) is 0 Å². The summed E-state index contributed by atoms with van der Waals surface area (Å²) in [7, 11) is 3.04. The van der Waals surface area contributed by atoms with Crippen molar-refractivity contribution < 1.29 is 4.74 Å². The first-order valence-electron chi connectivity index (χ1n) is 7.40. The summed E-state index contributed by atoms with van der Waals surface area (Å²) in [5.41, 5.74) is -0.156. The molecule has 0 aliphatic carbocycles. The summed E-state index contributed by atoms with van der Waals surface area (Å²) in [6.07, 6.45) is 0.341. The number of fused-ring (bicyclic) bond motifs is 1. The fourth-order valence-electron chi connectivity index (χ4n) is 2.49. The predicted octanol–water partition coefficient (Wildman–Crippen LogP) is 1.49. The van der Waals surface area contributed by atoms with Crippen LogP contribution in [0.25, 0.3) is 11.2 Å². The minimum atomic E-state index is -0.405. The number of aryl methyl sites for hydroxylation is 1. The molecule has 0 aliphatic rings. The van der Waals surface area contributed by atoms with Gasteiger partial charge in [-0.25, -0.2) is 9.78 Å². The average molecular weight is 314 g/mol. The van der Waals surface area contributed by atoms with Crippen LogP contribution in [-0.2, 0) is 14.1 Å². The second-order valence-corrected chi connectivity index (χ2v) is 5.35. The Hall–Kier alpha value is -2.83. The third kappa shape index (κ3) is 2.54. The minimum absolute atomic E-state index is 0.305. The molecule has 1 N–H and O–H groups in total. The molecule has 1 unspecified atom stereocenters. The number of aromatic nitrogens is 4. The zero-order valence-corrected chi connectivity index (χ0v) is 13.2. The number of hydrogen-bond donors (Lipinski definition) is 1. The lowest BCUT2D eigenvalue weighted by molar-refractivity contribution is 0.192. The van der Waals surface area contributed by atoms with Gasteiger partial charge in [0.1, 0.15) is 17.1 Å². The first-order chi connectivity index (χ1) is 11.0. The second kappa shape index (κ2) is 5.75. The van der Waals surface area contributed by atoms with Crippen LogP contribution in [0.4, 0.5) is 0 Å². The molecule has 1 atom stereocenters. The Balaban J connectivity index is 2.09. The van der Waals surface area contributed by atoms with E-state index in [0.717, 1.165) is 10.3 Å². The van der Waals surface area contributed by atoms with Crippen molar-refractivity contribution in [3.8, 4) is 5.75 Å². The first-order valence-corrected chi connectivity index (χ1v) is 7.40. The number of benzene rings is 1. The highest BCUT2D eigenvalue weighted by atomic mass is 16.5. The monoisotopic (exact) mass is 314 g/mol. The van der Waals surface area contributed by atoms with Crippen LogP contribution < -0.4 is 16.0 Å². The molecule has 1 aromatic carbocycles. The van der Waals surface area contributed by atoms with E-state index in [1.165, 1.54) is 11.6 Å². The maximum atomic E-state index is 12.2. The van der Waals surface area contributed by atoms with E-state index in [9.17, 15) is 9.59 Å². The van der Waals surface area contributed by atoms with Gasteiger partial charge in [-0.3, -0.25) is 13.9 Å². The Labute approximate surface area is 132 Å². The Morgan fingerprint density at radius 1 is 1.17 bits per heavy atom. The molecule has 0 saturated heterocycles. The highest BCUT2D eigenvalue weighted by Gasteiger charge is 2.19. The summed E-state index contributed by atoms with van der Waals surface area (Å²) in [6, 6.07) is 9.41. The van der Waals surface area contributed by atoms with Gasteiger partial charge in [0.15, 0.2) is 11.8 Å². The number of hydrogen-bond acceptors (Lipinski definition) is 4. The van der Waals surface area contributed by atoms with E-state index in [1.54, 1.807) is 7.05 Å². The number of H-pyrrole nitrogens is 1. The van der Waals surface area contributed by atoms with Crippen LogP contribution in [0.15, 0.2) is 39.9 Å². The summed E-state index contributed by atoms with van der Waals surface area (Å²) in [4.78, 5) is 31.6. The highest BCUT2D eigenvalue weighted by Crippen LogP contribution is 2.23. The molecule has 120 valence electrons. The summed E-state index contributed by atoms with van der Waals surface area (Å²) in [6.45, 7) is 1.97. The highest BCUT2D eigenvalue weighted by molar-refractivity contribution is 5.69. The van der Waals surface area contributed by atoms with Crippen LogP contribution in [0.2, 0.25) is 0 Å². The van der Waals surface area contributed by atoms with Crippen molar-refractivity contribution >= 4 is 11.2 Å². The smallest absolute Gasteiger partial charge is 0.332 e. The summed E-state index contributed by atoms with van der Waals surface area (Å²) in [5.74, 6) is 1.26. The molecule has 0 aliphatic heterocycles. The molecule has 7 nitrogen and oxygen atoms in total. The molecule has 23 heavy (non-hydrogen) atoms. The Morgan fingerprint density at radius 3 is 2.52 bits per heavy atom. The molecule has 7 heteroatoms. The van der Waals surface area contributed by atoms with Gasteiger partial charge in [-0.15, -0.1) is 0 Å². The number of nitrogens with zero attached hydrogens (tertiary/aromatic N) is 3. The van der Waals surface area contributed by atoms with Gasteiger partial charge in [0, 0.05) is 14.1 Å². The van der Waals surface area contributed by atoms with Gasteiger partial charge in [0.2, 0.25) is 0 Å². The molecule has 0 saturated carbocycles. The van der Waals surface area contributed by atoms with E-state index >= 15 is 0 Å². The summed E-state index contributed by atoms with van der Waals surface area (Å²) < 4.78 is 8.34. The van der Waals surface area contributed by atoms with E-state index < -0.39 is 11.2 Å². The number of nitrogens with one attached hydrogen (secondary N) is 1. The fraction of sp³-hybridized carbons (Fsp3) is 0.312. The van der Waals surface area contributed by atoms with Crippen molar-refractivity contribution in [2.45, 2.75) is 19.4 Å². The van der Waals surface area contributed by atoms with Crippen LogP contribution in [0.1, 0.15) is 25.3 Å². The molecule has 3 rings (SSSR count). The number of aromatic amines is 1. The van der Waals surface area contributed by atoms with Crippen molar-refractivity contribution in [3.05, 3.63) is 57.0 Å². The topological polar surface area (TPSA) is 81.9 Å². The van der Waals surface area contributed by atoms with Gasteiger partial charge in [-0.05, 0) is 18.6 Å². The summed E-state index contributed by atoms with van der Waals surface area (Å²) in [5, 5.41) is 0. The van der Waals surface area contributed by atoms with Crippen LogP contribution in [0.5, 0.6) is 5.75 Å². The fourth-order valence-corrected chi connectivity index (χ4v) is 2.49. The normalized spacial score (nSPS) is 12.5. The van der Waals surface area contributed by atoms with Crippen molar-refractivity contribution in [3.63, 3.8) is 0 Å². The zero-order chi connectivity index (χ0) is 16.6. The van der Waals surface area contributed by atoms with Gasteiger partial charge >= 0.3 is 5.69 Å². The molecule has 0 spiro atoms. The number of imidazole rings is 1. The number of para-hydroxylation sites is 1. The largest absolute Gasteiger partial charge is 0.483 e. The SMILES string of the molecule is CCC(Oc1ccccc1)c1nc2c([nH]1)c(=O)n(C)c(=O)n2C. The molecule has 0 bridgehead atoms. The van der Waals surface area contributed by atoms with Gasteiger partial charge in [-0.1, -0.05) is 25.1 Å². The second-order valence-electron chi connectivity index (χ2n) is 5.35. The third-order valence-corrected chi connectivity index (χ3v) is 3.81. The van der Waals surface area contributed by atoms with Gasteiger partial charge in [0.25, 0.3) is 5.56 Å². The molecular formula is C16H18N4O3. The number of ether oxygens (including phenoxy) is 1. The van der Waals surface area contributed by atoms with E-state index in [1.807, 2.05) is 37.3 Å². The maximum absolute atomic E-state index is 12.2. The van der Waals surface area contributed by atoms with E-state index in [-0.39, 0.29) is 6.10 Å². The first kappa shape index (κ1) is 15.1. The summed E-state index contributed by atoms with van der Waals surface area (Å²) >= 11 is 0. The Morgan fingerprint density at radius 2 is 1.87 bits per heavy atom. The lowest BCUT2D eigenvalue weighted by atomic mass is 10.2. The van der Waals surface area contributed by atoms with E-state index in [0.29, 0.717) is 23.4 Å². The molecule has 2 heterocycles. The lowest BCUT2D eigenvalue weighted by Gasteiger charge is -2.14. The Kier molecular flexibility index (Phi) is 3.77. The number of rotatable bonds is 4. The Bertz CT molecular complexity index is 953. The molecule has 3 aromatic rings. The van der Waals surface area contributed by atoms with Crippen LogP contribution in [-0.4, -0.2) is 19.1 Å². The zero-order valence-electron chi connectivity index (χ0n) is 13.2. The van der Waals surface area contributed by atoms with Gasteiger partial charge in [0.05, 0.1) is 0 Å². The van der Waals surface area contributed by atoms with Gasteiger partial charge < -0.3 is 9.72 Å². The van der Waals surface area contributed by atoms with Crippen LogP contribution in [0, 0.1) is 0 Å². The predicted molar refractivity (Wildman–Crippen MR) is 86.7 cm³/mol. The van der Waals surface area contributed by atoms with Crippen LogP contribution >= 0.6 is 0 Å². The van der Waals surface area contributed by atoms with Crippen molar-refractivity contribution in [2.24, 2.45) is 14.1 Å². The average Bonchev–Trinajstić information content (AvgIpc) is 3.02. The molecular weight excluding hydrogens is 296 g/mol. The molecule has 0 radical (unpaired) electrons. The molecule has 2 aromatic heterocycles. The van der Waals surface area contributed by atoms with Gasteiger partial charge in [-0.2, -0.15) is 0 Å². The standard InChI is InChI=1S/C16H18N4O3/c1-4-11(23-10-8-6-5-7-9-10)13-17-12-14(18-13)19(2)16(22)20(3)15(12)21/h5-9,11H,4H2,1-3H3,(H,17,18). The lowest BCUT2D eigenvalue weighted by Crippen LogP contribution is -2.36. The quantitative estimate of drug-likeness (QED) is 0.791. The third-order valence-electron chi connectivity index (χ3n) is 3.81. The van der Waals surface area contributed by atoms with Crippen molar-refractivity contribution in [1.82, 2.24) is 19.1 Å². The minimum Gasteiger partial charge on any atom is -0.483 e. The van der Waals surface area contributed by atoms with Crippen molar-refractivity contribution in [2.75, 3.05) is 0 Å². The molecule has 0 amide bonds.